The normalized spacial score (nSPS) is 18.3. The first-order valence-corrected chi connectivity index (χ1v) is 13.4. The summed E-state index contributed by atoms with van der Waals surface area (Å²) in [4.78, 5) is 20.2. The molecule has 0 amide bonds. The van der Waals surface area contributed by atoms with Gasteiger partial charge in [-0.1, -0.05) is 6.58 Å². The Balaban J connectivity index is 1.51. The molecule has 2 aliphatic heterocycles. The quantitative estimate of drug-likeness (QED) is 0.343. The fraction of sp³-hybridized carbons (Fsp3) is 0.333. The first-order chi connectivity index (χ1) is 18.5. The lowest BCUT2D eigenvalue weighted by atomic mass is 9.86. The highest BCUT2D eigenvalue weighted by molar-refractivity contribution is 7.98. The van der Waals surface area contributed by atoms with Crippen molar-refractivity contribution in [1.82, 2.24) is 14.7 Å². The van der Waals surface area contributed by atoms with Crippen LogP contribution < -0.4 is 10.6 Å². The summed E-state index contributed by atoms with van der Waals surface area (Å²) in [7, 11) is 1.36. The summed E-state index contributed by atoms with van der Waals surface area (Å²) in [5.74, 6) is 1.20. The molecule has 2 aromatic rings. The molecule has 0 bridgehead atoms. The molecule has 1 aromatic heterocycles. The Hall–Kier alpha value is -4.01. The number of carbonyl (C=O) groups excluding carboxylic acids is 1. The van der Waals surface area contributed by atoms with Gasteiger partial charge in [-0.25, -0.2) is 9.79 Å². The highest BCUT2D eigenvalue weighted by atomic mass is 32.2. The van der Waals surface area contributed by atoms with E-state index in [1.165, 1.54) is 13.3 Å². The number of thioether (sulfide) groups is 1. The van der Waals surface area contributed by atoms with E-state index < -0.39 is 5.54 Å². The average molecular weight is 534 g/mol. The maximum Gasteiger partial charge on any atom is 0.337 e. The molecule has 0 spiro atoms. The molecular weight excluding hydrogens is 502 g/mol. The van der Waals surface area contributed by atoms with Gasteiger partial charge in [-0.15, -0.1) is 0 Å². The van der Waals surface area contributed by atoms with Crippen LogP contribution in [0.25, 0.3) is 5.70 Å². The molecule has 1 aromatic carbocycles. The van der Waals surface area contributed by atoms with Gasteiger partial charge in [0.1, 0.15) is 18.1 Å². The summed E-state index contributed by atoms with van der Waals surface area (Å²) in [6, 6.07) is 9.53. The van der Waals surface area contributed by atoms with E-state index in [1.807, 2.05) is 46.4 Å². The first kappa shape index (κ1) is 27.0. The van der Waals surface area contributed by atoms with Crippen LogP contribution in [0.15, 0.2) is 72.3 Å². The monoisotopic (exact) mass is 533 g/mol. The van der Waals surface area contributed by atoms with Gasteiger partial charge in [-0.2, -0.15) is 22.1 Å². The number of nitrogens with two attached hydrogens (primary N) is 1. The highest BCUT2D eigenvalue weighted by Crippen LogP contribution is 2.36. The topological polar surface area (TPSA) is 122 Å². The Morgan fingerprint density at radius 1 is 1.34 bits per heavy atom. The Kier molecular flexibility index (Phi) is 8.55. The van der Waals surface area contributed by atoms with Crippen molar-refractivity contribution in [2.75, 3.05) is 50.4 Å². The van der Waals surface area contributed by atoms with Crippen LogP contribution in [0.4, 0.5) is 5.69 Å². The summed E-state index contributed by atoms with van der Waals surface area (Å²) < 4.78 is 12.3. The zero-order chi connectivity index (χ0) is 27.1. The number of benzene rings is 1. The van der Waals surface area contributed by atoms with E-state index in [9.17, 15) is 10.1 Å². The summed E-state index contributed by atoms with van der Waals surface area (Å²) in [5, 5.41) is 14.2. The molecule has 2 aliphatic rings. The van der Waals surface area contributed by atoms with Crippen molar-refractivity contribution >= 4 is 35.0 Å². The SMILES string of the molecule is C=C/N=C1\C(=C(/N)c2cnn(C3(CC#N)CN(c4ccc(C(=O)OC)cc4)C3)c2)C=CN1COCCSC. The van der Waals surface area contributed by atoms with E-state index in [0.717, 1.165) is 22.6 Å². The largest absolute Gasteiger partial charge is 0.465 e. The van der Waals surface area contributed by atoms with Gasteiger partial charge < -0.3 is 25.0 Å². The Bertz CT molecular complexity index is 1300. The number of aliphatic imine (C=N–C) groups is 1. The number of anilines is 1. The predicted molar refractivity (Wildman–Crippen MR) is 149 cm³/mol. The second-order valence-electron chi connectivity index (χ2n) is 8.91. The molecule has 2 N–H and O–H groups in total. The van der Waals surface area contributed by atoms with Gasteiger partial charge in [0.25, 0.3) is 0 Å². The van der Waals surface area contributed by atoms with Crippen molar-refractivity contribution in [2.24, 2.45) is 10.7 Å². The van der Waals surface area contributed by atoms with E-state index in [-0.39, 0.29) is 5.97 Å². The number of nitriles is 1. The number of rotatable bonds is 11. The maximum atomic E-state index is 11.7. The van der Waals surface area contributed by atoms with E-state index in [4.69, 9.17) is 15.2 Å². The third-order valence-corrected chi connectivity index (χ3v) is 7.09. The van der Waals surface area contributed by atoms with E-state index >= 15 is 0 Å². The van der Waals surface area contributed by atoms with Gasteiger partial charge in [0.15, 0.2) is 0 Å². The fourth-order valence-corrected chi connectivity index (χ4v) is 4.73. The van der Waals surface area contributed by atoms with Crippen molar-refractivity contribution in [3.05, 3.63) is 78.4 Å². The average Bonchev–Trinajstić information content (AvgIpc) is 3.56. The van der Waals surface area contributed by atoms with Crippen LogP contribution in [0.1, 0.15) is 22.3 Å². The predicted octanol–water partition coefficient (Wildman–Crippen LogP) is 3.18. The van der Waals surface area contributed by atoms with Crippen LogP contribution in [-0.2, 0) is 15.0 Å². The number of methoxy groups -OCH3 is 1. The van der Waals surface area contributed by atoms with Crippen molar-refractivity contribution < 1.29 is 14.3 Å². The molecule has 1 saturated heterocycles. The molecule has 0 aliphatic carbocycles. The van der Waals surface area contributed by atoms with Crippen LogP contribution in [0.2, 0.25) is 0 Å². The molecular formula is C27H31N7O3S. The fourth-order valence-electron chi connectivity index (χ4n) is 4.45. The number of carbonyl (C=O) groups is 1. The standard InChI is InChI=1S/C27H31N7O3S/c1-4-30-25-23(9-12-32(25)19-37-13-14-38-3)24(29)21-15-31-34(16-21)27(10-11-28)17-33(18-27)22-7-5-20(6-8-22)26(35)36-2/h4-9,12,15-16H,1,10,13-14,17-19,29H2,2-3H3/b24-23-,30-25+. The Labute approximate surface area is 226 Å². The van der Waals surface area contributed by atoms with Crippen LogP contribution in [0, 0.1) is 11.3 Å². The number of nitrogens with zero attached hydrogens (tertiary/aromatic N) is 6. The lowest BCUT2D eigenvalue weighted by molar-refractivity contribution is 0.0600. The molecule has 0 radical (unpaired) electrons. The van der Waals surface area contributed by atoms with Gasteiger partial charge >= 0.3 is 5.97 Å². The number of hydrogen-bond donors (Lipinski definition) is 1. The minimum Gasteiger partial charge on any atom is -0.465 e. The number of esters is 1. The smallest absolute Gasteiger partial charge is 0.337 e. The molecule has 0 saturated carbocycles. The molecule has 4 rings (SSSR count). The second kappa shape index (κ2) is 12.0. The lowest BCUT2D eigenvalue weighted by Crippen LogP contribution is -2.63. The Morgan fingerprint density at radius 2 is 2.11 bits per heavy atom. The van der Waals surface area contributed by atoms with Crippen LogP contribution in [0.3, 0.4) is 0 Å². The minimum atomic E-state index is -0.486. The molecule has 0 atom stereocenters. The summed E-state index contributed by atoms with van der Waals surface area (Å²) in [6.07, 6.45) is 11.2. The zero-order valence-corrected chi connectivity index (χ0v) is 22.4. The molecule has 0 unspecified atom stereocenters. The number of aromatic nitrogens is 2. The van der Waals surface area contributed by atoms with Crippen molar-refractivity contribution in [2.45, 2.75) is 12.0 Å². The molecule has 38 heavy (non-hydrogen) atoms. The molecule has 3 heterocycles. The van der Waals surface area contributed by atoms with Crippen LogP contribution in [0.5, 0.6) is 0 Å². The lowest BCUT2D eigenvalue weighted by Gasteiger charge is -2.50. The third-order valence-electron chi connectivity index (χ3n) is 6.51. The van der Waals surface area contributed by atoms with Gasteiger partial charge in [-0.05, 0) is 36.6 Å². The minimum absolute atomic E-state index is 0.297. The maximum absolute atomic E-state index is 11.7. The van der Waals surface area contributed by atoms with Crippen LogP contribution >= 0.6 is 11.8 Å². The van der Waals surface area contributed by atoms with E-state index in [2.05, 4.69) is 27.6 Å². The molecule has 11 heteroatoms. The number of ether oxygens (including phenoxy) is 2. The number of amidine groups is 1. The molecule has 1 fully saturated rings. The van der Waals surface area contributed by atoms with E-state index in [0.29, 0.717) is 49.9 Å². The van der Waals surface area contributed by atoms with Crippen LogP contribution in [-0.4, -0.2) is 72.0 Å². The Morgan fingerprint density at radius 3 is 2.76 bits per heavy atom. The van der Waals surface area contributed by atoms with Crippen molar-refractivity contribution in [3.63, 3.8) is 0 Å². The molecule has 198 valence electrons. The summed E-state index contributed by atoms with van der Waals surface area (Å²) in [6.45, 7) is 5.93. The van der Waals surface area contributed by atoms with Crippen molar-refractivity contribution in [1.29, 1.82) is 5.26 Å². The van der Waals surface area contributed by atoms with Gasteiger partial charge in [0, 0.05) is 54.3 Å². The van der Waals surface area contributed by atoms with Gasteiger partial charge in [0.05, 0.1) is 43.7 Å². The number of hydrogen-bond acceptors (Lipinski definition) is 9. The summed E-state index contributed by atoms with van der Waals surface area (Å²) in [5.41, 5.74) is 9.59. The second-order valence-corrected chi connectivity index (χ2v) is 9.89. The van der Waals surface area contributed by atoms with E-state index in [1.54, 1.807) is 30.1 Å². The van der Waals surface area contributed by atoms with Crippen molar-refractivity contribution in [3.8, 4) is 6.07 Å². The first-order valence-electron chi connectivity index (χ1n) is 12.0. The summed E-state index contributed by atoms with van der Waals surface area (Å²) >= 11 is 1.73. The van der Waals surface area contributed by atoms with Gasteiger partial charge in [0.2, 0.25) is 0 Å². The molecule has 10 nitrogen and oxygen atoms in total. The van der Waals surface area contributed by atoms with Gasteiger partial charge in [-0.3, -0.25) is 4.68 Å². The third kappa shape index (κ3) is 5.46. The zero-order valence-electron chi connectivity index (χ0n) is 21.5. The highest BCUT2D eigenvalue weighted by Gasteiger charge is 2.45.